The van der Waals surface area contributed by atoms with E-state index in [4.69, 9.17) is 0 Å². The van der Waals surface area contributed by atoms with Gasteiger partial charge in [-0.25, -0.2) is 0 Å². The largest absolute Gasteiger partial charge is 0.261 e. The molecule has 1 heterocycles. The van der Waals surface area contributed by atoms with E-state index in [0.717, 1.165) is 18.5 Å². The van der Waals surface area contributed by atoms with Crippen molar-refractivity contribution in [3.05, 3.63) is 66.0 Å². The standard InChI is InChI=1S/C13H12N/c1-2-6-12(7-3-1)9-10-13-8-4-5-11-14-13/h1-2,4-8,11H,9-10H2. The third kappa shape index (κ3) is 2.43. The number of rotatable bonds is 3. The van der Waals surface area contributed by atoms with Gasteiger partial charge in [0, 0.05) is 11.9 Å². The van der Waals surface area contributed by atoms with Crippen molar-refractivity contribution < 1.29 is 0 Å². The maximum atomic E-state index is 4.28. The predicted octanol–water partition coefficient (Wildman–Crippen LogP) is 2.67. The zero-order chi connectivity index (χ0) is 9.64. The first-order valence-corrected chi connectivity index (χ1v) is 4.80. The smallest absolute Gasteiger partial charge is 0.0406 e. The highest BCUT2D eigenvalue weighted by Crippen LogP contribution is 2.03. The lowest BCUT2D eigenvalue weighted by Gasteiger charge is -1.99. The minimum atomic E-state index is 0.999. The van der Waals surface area contributed by atoms with Crippen molar-refractivity contribution >= 4 is 0 Å². The van der Waals surface area contributed by atoms with E-state index in [1.54, 1.807) is 0 Å². The number of aromatic nitrogens is 1. The Morgan fingerprint density at radius 3 is 2.79 bits per heavy atom. The highest BCUT2D eigenvalue weighted by atomic mass is 14.7. The Kier molecular flexibility index (Phi) is 2.92. The molecule has 0 saturated carbocycles. The molecule has 0 unspecified atom stereocenters. The molecule has 0 aliphatic carbocycles. The molecule has 0 aliphatic rings. The first-order valence-electron chi connectivity index (χ1n) is 4.80. The number of aryl methyl sites for hydroxylation is 2. The normalized spacial score (nSPS) is 10.0. The average Bonchev–Trinajstić information content (AvgIpc) is 2.29. The molecule has 0 amide bonds. The number of pyridine rings is 1. The molecule has 1 heteroatoms. The van der Waals surface area contributed by atoms with Crippen molar-refractivity contribution in [3.8, 4) is 0 Å². The van der Waals surface area contributed by atoms with E-state index >= 15 is 0 Å². The van der Waals surface area contributed by atoms with Crippen LogP contribution in [-0.4, -0.2) is 4.98 Å². The zero-order valence-corrected chi connectivity index (χ0v) is 7.98. The molecule has 0 aliphatic heterocycles. The van der Waals surface area contributed by atoms with Gasteiger partial charge in [0.25, 0.3) is 0 Å². The van der Waals surface area contributed by atoms with Gasteiger partial charge < -0.3 is 0 Å². The van der Waals surface area contributed by atoms with Crippen LogP contribution in [0, 0.1) is 6.07 Å². The molecule has 0 atom stereocenters. The van der Waals surface area contributed by atoms with Crippen molar-refractivity contribution in [1.82, 2.24) is 4.98 Å². The van der Waals surface area contributed by atoms with Crippen molar-refractivity contribution in [2.24, 2.45) is 0 Å². The molecule has 0 fully saturated rings. The molecular formula is C13H12N. The minimum absolute atomic E-state index is 0.999. The second kappa shape index (κ2) is 4.56. The molecule has 1 radical (unpaired) electrons. The molecule has 1 aromatic carbocycles. The fourth-order valence-corrected chi connectivity index (χ4v) is 1.40. The summed E-state index contributed by atoms with van der Waals surface area (Å²) in [7, 11) is 0. The molecular weight excluding hydrogens is 170 g/mol. The minimum Gasteiger partial charge on any atom is -0.261 e. The highest BCUT2D eigenvalue weighted by molar-refractivity contribution is 5.15. The average molecular weight is 182 g/mol. The van der Waals surface area contributed by atoms with Crippen molar-refractivity contribution in [2.45, 2.75) is 12.8 Å². The van der Waals surface area contributed by atoms with Gasteiger partial charge in [-0.1, -0.05) is 30.3 Å². The molecule has 69 valence electrons. The second-order valence-corrected chi connectivity index (χ2v) is 3.23. The van der Waals surface area contributed by atoms with Crippen LogP contribution in [0.2, 0.25) is 0 Å². The Balaban J connectivity index is 1.96. The molecule has 2 rings (SSSR count). The third-order valence-corrected chi connectivity index (χ3v) is 2.17. The van der Waals surface area contributed by atoms with Gasteiger partial charge >= 0.3 is 0 Å². The van der Waals surface area contributed by atoms with Gasteiger partial charge in [0.15, 0.2) is 0 Å². The van der Waals surface area contributed by atoms with Gasteiger partial charge in [-0.3, -0.25) is 4.98 Å². The van der Waals surface area contributed by atoms with E-state index in [0.29, 0.717) is 0 Å². The van der Waals surface area contributed by atoms with Crippen LogP contribution in [0.3, 0.4) is 0 Å². The van der Waals surface area contributed by atoms with Gasteiger partial charge in [-0.15, -0.1) is 0 Å². The summed E-state index contributed by atoms with van der Waals surface area (Å²) in [6, 6.07) is 17.2. The monoisotopic (exact) mass is 182 g/mol. The van der Waals surface area contributed by atoms with E-state index < -0.39 is 0 Å². The predicted molar refractivity (Wildman–Crippen MR) is 56.9 cm³/mol. The van der Waals surface area contributed by atoms with Crippen LogP contribution >= 0.6 is 0 Å². The lowest BCUT2D eigenvalue weighted by molar-refractivity contribution is 0.913. The van der Waals surface area contributed by atoms with Gasteiger partial charge in [-0.2, -0.15) is 0 Å². The van der Waals surface area contributed by atoms with Gasteiger partial charge in [0.05, 0.1) is 0 Å². The van der Waals surface area contributed by atoms with E-state index in [-0.39, 0.29) is 0 Å². The van der Waals surface area contributed by atoms with E-state index in [9.17, 15) is 0 Å². The number of hydrogen-bond donors (Lipinski definition) is 0. The molecule has 1 nitrogen and oxygen atoms in total. The van der Waals surface area contributed by atoms with Crippen molar-refractivity contribution in [2.75, 3.05) is 0 Å². The van der Waals surface area contributed by atoms with Gasteiger partial charge in [-0.05, 0) is 36.6 Å². The highest BCUT2D eigenvalue weighted by Gasteiger charge is 1.94. The summed E-state index contributed by atoms with van der Waals surface area (Å²) >= 11 is 0. The Labute approximate surface area is 84.4 Å². The van der Waals surface area contributed by atoms with Crippen LogP contribution in [-0.2, 0) is 12.8 Å². The number of hydrogen-bond acceptors (Lipinski definition) is 1. The first kappa shape index (κ1) is 8.95. The fraction of sp³-hybridized carbons (Fsp3) is 0.154. The topological polar surface area (TPSA) is 12.9 Å². The molecule has 1 aromatic heterocycles. The second-order valence-electron chi connectivity index (χ2n) is 3.23. The number of benzene rings is 1. The number of nitrogens with zero attached hydrogens (tertiary/aromatic N) is 1. The SMILES string of the molecule is [c]1cccc(CCc2ccccn2)c1. The Morgan fingerprint density at radius 2 is 2.07 bits per heavy atom. The fourth-order valence-electron chi connectivity index (χ4n) is 1.40. The summed E-state index contributed by atoms with van der Waals surface area (Å²) in [6.07, 6.45) is 3.87. The van der Waals surface area contributed by atoms with Crippen LogP contribution in [0.4, 0.5) is 0 Å². The molecule has 2 aromatic rings. The van der Waals surface area contributed by atoms with Gasteiger partial charge in [0.1, 0.15) is 0 Å². The summed E-state index contributed by atoms with van der Waals surface area (Å²) in [5, 5.41) is 0. The maximum Gasteiger partial charge on any atom is 0.0406 e. The lowest BCUT2D eigenvalue weighted by Crippen LogP contribution is -1.92. The van der Waals surface area contributed by atoms with Crippen LogP contribution < -0.4 is 0 Å². The van der Waals surface area contributed by atoms with Crippen LogP contribution in [0.5, 0.6) is 0 Å². The van der Waals surface area contributed by atoms with E-state index in [1.807, 2.05) is 36.5 Å². The van der Waals surface area contributed by atoms with E-state index in [2.05, 4.69) is 23.2 Å². The van der Waals surface area contributed by atoms with Crippen LogP contribution in [0.25, 0.3) is 0 Å². The van der Waals surface area contributed by atoms with Crippen molar-refractivity contribution in [1.29, 1.82) is 0 Å². The third-order valence-electron chi connectivity index (χ3n) is 2.17. The summed E-state index contributed by atoms with van der Waals surface area (Å²) in [5.41, 5.74) is 2.47. The van der Waals surface area contributed by atoms with Crippen LogP contribution in [0.1, 0.15) is 11.3 Å². The van der Waals surface area contributed by atoms with Gasteiger partial charge in [0.2, 0.25) is 0 Å². The summed E-state index contributed by atoms with van der Waals surface area (Å²) in [6.45, 7) is 0. The Hall–Kier alpha value is -1.63. The zero-order valence-electron chi connectivity index (χ0n) is 7.98. The molecule has 0 saturated heterocycles. The quantitative estimate of drug-likeness (QED) is 0.711. The molecule has 0 bridgehead atoms. The lowest BCUT2D eigenvalue weighted by atomic mass is 10.1. The first-order chi connectivity index (χ1) is 6.95. The summed E-state index contributed by atoms with van der Waals surface area (Å²) in [5.74, 6) is 0. The van der Waals surface area contributed by atoms with Crippen molar-refractivity contribution in [3.63, 3.8) is 0 Å². The van der Waals surface area contributed by atoms with E-state index in [1.165, 1.54) is 5.56 Å². The Bertz CT molecular complexity index is 327. The molecule has 0 spiro atoms. The molecule has 14 heavy (non-hydrogen) atoms. The van der Waals surface area contributed by atoms with Crippen LogP contribution in [0.15, 0.2) is 48.7 Å². The maximum absolute atomic E-state index is 4.28. The molecule has 0 N–H and O–H groups in total. The summed E-state index contributed by atoms with van der Waals surface area (Å²) in [4.78, 5) is 4.28. The summed E-state index contributed by atoms with van der Waals surface area (Å²) < 4.78 is 0. The Morgan fingerprint density at radius 1 is 1.07 bits per heavy atom.